The van der Waals surface area contributed by atoms with Gasteiger partial charge in [-0.05, 0) is 34.8 Å². The van der Waals surface area contributed by atoms with Crippen LogP contribution in [0.15, 0.2) is 0 Å². The number of hydrogen-bond donors (Lipinski definition) is 0. The van der Waals surface area contributed by atoms with Crippen LogP contribution in [-0.2, 0) is 0 Å². The number of nitrogens with zero attached hydrogens (tertiary/aromatic N) is 3. The molecule has 0 saturated heterocycles. The zero-order valence-electron chi connectivity index (χ0n) is 10.2. The molecule has 1 rings (SSSR count). The van der Waals surface area contributed by atoms with Crippen LogP contribution in [0.4, 0.5) is 0 Å². The minimum absolute atomic E-state index is 1.70. The highest BCUT2D eigenvalue weighted by molar-refractivity contribution is 6.74. The van der Waals surface area contributed by atoms with E-state index in [1.165, 1.54) is 0 Å². The molecule has 2 atom stereocenters. The maximum atomic E-state index is 11.5. The van der Waals surface area contributed by atoms with Crippen LogP contribution in [0.25, 0.3) is 0 Å². The van der Waals surface area contributed by atoms with E-state index in [1.807, 2.05) is 0 Å². The summed E-state index contributed by atoms with van der Waals surface area (Å²) in [6, 6.07) is 0. The third-order valence-electron chi connectivity index (χ3n) is 3.25. The van der Waals surface area contributed by atoms with E-state index in [0.717, 1.165) is 0 Å². The second-order valence-corrected chi connectivity index (χ2v) is 9.98. The van der Waals surface area contributed by atoms with Crippen molar-refractivity contribution < 1.29 is 14.8 Å². The van der Waals surface area contributed by atoms with Crippen molar-refractivity contribution in [3.63, 3.8) is 0 Å². The number of nitro groups is 3. The summed E-state index contributed by atoms with van der Waals surface area (Å²) in [6.07, 6.45) is 0. The highest BCUT2D eigenvalue weighted by atomic mass is 35.5. The molecule has 18 heteroatoms. The predicted molar refractivity (Wildman–Crippen MR) is 90.0 cm³/mol. The third kappa shape index (κ3) is 2.05. The Hall–Kier alpha value is 0.810. The van der Waals surface area contributed by atoms with Crippen molar-refractivity contribution in [2.24, 2.45) is 0 Å². The Morgan fingerprint density at radius 3 is 0.833 bits per heavy atom. The molecule has 138 valence electrons. The molecule has 0 aromatic carbocycles. The average Bonchev–Trinajstić information content (AvgIpc) is 2.41. The maximum Gasteiger partial charge on any atom is 0.467 e. The van der Waals surface area contributed by atoms with Gasteiger partial charge < -0.3 is 0 Å². The molecule has 0 N–H and O–H groups in total. The zero-order chi connectivity index (χ0) is 19.7. The van der Waals surface area contributed by atoms with Crippen LogP contribution in [0.3, 0.4) is 0 Å². The van der Waals surface area contributed by atoms with Gasteiger partial charge in [0.2, 0.25) is 13.0 Å². The van der Waals surface area contributed by atoms with Crippen molar-refractivity contribution >= 4 is 104 Å². The van der Waals surface area contributed by atoms with Crippen LogP contribution >= 0.6 is 104 Å². The van der Waals surface area contributed by atoms with Gasteiger partial charge in [-0.3, -0.25) is 30.3 Å². The summed E-state index contributed by atoms with van der Waals surface area (Å²) in [5, 5.41) is 34.4. The molecule has 0 aromatic rings. The number of halogens is 9. The van der Waals surface area contributed by atoms with Crippen molar-refractivity contribution in [1.82, 2.24) is 0 Å². The standard InChI is InChI=1S/C6Cl9N3O6/c7-1(8)2(9,10)4(13,16(19)20)6(15,18(23)24)5(14,17(21)22)3(1,11)12. The van der Waals surface area contributed by atoms with Gasteiger partial charge in [-0.1, -0.05) is 69.6 Å². The van der Waals surface area contributed by atoms with E-state index in [9.17, 15) is 30.3 Å². The van der Waals surface area contributed by atoms with Gasteiger partial charge in [0.25, 0.3) is 0 Å². The average molecular weight is 529 g/mol. The van der Waals surface area contributed by atoms with Crippen LogP contribution in [-0.4, -0.2) is 42.8 Å². The lowest BCUT2D eigenvalue weighted by Crippen LogP contribution is -2.88. The molecular weight excluding hydrogens is 529 g/mol. The molecule has 0 heterocycles. The van der Waals surface area contributed by atoms with E-state index in [1.54, 1.807) is 0 Å². The molecule has 0 bridgehead atoms. The van der Waals surface area contributed by atoms with Crippen molar-refractivity contribution in [2.45, 2.75) is 28.0 Å². The van der Waals surface area contributed by atoms with Crippen LogP contribution in [0.5, 0.6) is 0 Å². The second-order valence-electron chi connectivity index (χ2n) is 4.36. The van der Waals surface area contributed by atoms with E-state index < -0.39 is 42.8 Å². The molecule has 0 radical (unpaired) electrons. The summed E-state index contributed by atoms with van der Waals surface area (Å²) in [7, 11) is 0. The summed E-state index contributed by atoms with van der Waals surface area (Å²) >= 11 is 51.1. The number of alkyl halides is 9. The first-order valence-corrected chi connectivity index (χ1v) is 8.37. The fourth-order valence-electron chi connectivity index (χ4n) is 1.96. The first-order valence-electron chi connectivity index (χ1n) is 4.97. The Morgan fingerprint density at radius 1 is 0.458 bits per heavy atom. The minimum Gasteiger partial charge on any atom is -0.262 e. The molecule has 9 nitrogen and oxygen atoms in total. The molecule has 0 spiro atoms. The smallest absolute Gasteiger partial charge is 0.262 e. The Kier molecular flexibility index (Phi) is 5.62. The SMILES string of the molecule is O=[N+]([O-])C1(Cl)C(Cl)(Cl)C(Cl)(Cl)C(Cl)(Cl)C(Cl)([N+](=O)[O-])C1(Cl)[N+](=O)[O-]. The van der Waals surface area contributed by atoms with Crippen LogP contribution in [0.1, 0.15) is 0 Å². The quantitative estimate of drug-likeness (QED) is 0.234. The highest BCUT2D eigenvalue weighted by Crippen LogP contribution is 2.74. The Morgan fingerprint density at radius 2 is 0.667 bits per heavy atom. The van der Waals surface area contributed by atoms with Gasteiger partial charge in [0.05, 0.1) is 14.8 Å². The van der Waals surface area contributed by atoms with E-state index in [0.29, 0.717) is 0 Å². The predicted octanol–water partition coefficient (Wildman–Crippen LogP) is 4.16. The zero-order valence-corrected chi connectivity index (χ0v) is 17.0. The fraction of sp³-hybridized carbons (Fsp3) is 1.00. The van der Waals surface area contributed by atoms with Gasteiger partial charge in [0.15, 0.2) is 0 Å². The molecule has 1 aliphatic carbocycles. The van der Waals surface area contributed by atoms with Crippen LogP contribution in [0, 0.1) is 30.3 Å². The molecule has 1 saturated carbocycles. The van der Waals surface area contributed by atoms with Crippen LogP contribution in [0.2, 0.25) is 0 Å². The first kappa shape index (κ1) is 22.9. The van der Waals surface area contributed by atoms with Gasteiger partial charge in [-0.15, -0.1) is 0 Å². The van der Waals surface area contributed by atoms with E-state index in [-0.39, 0.29) is 0 Å². The lowest BCUT2D eigenvalue weighted by molar-refractivity contribution is -0.709. The van der Waals surface area contributed by atoms with Crippen molar-refractivity contribution in [1.29, 1.82) is 0 Å². The van der Waals surface area contributed by atoms with Gasteiger partial charge in [-0.25, -0.2) is 0 Å². The van der Waals surface area contributed by atoms with Gasteiger partial charge in [0, 0.05) is 0 Å². The molecule has 24 heavy (non-hydrogen) atoms. The van der Waals surface area contributed by atoms with Gasteiger partial charge in [0.1, 0.15) is 0 Å². The molecule has 0 aromatic heterocycles. The largest absolute Gasteiger partial charge is 0.467 e. The molecular formula is C6Cl9N3O6. The maximum absolute atomic E-state index is 11.5. The highest BCUT2D eigenvalue weighted by Gasteiger charge is 3.05. The fourth-order valence-corrected chi connectivity index (χ4v) is 5.64. The lowest BCUT2D eigenvalue weighted by Gasteiger charge is -2.53. The summed E-state index contributed by atoms with van der Waals surface area (Å²) < 4.78 is -10.2. The lowest BCUT2D eigenvalue weighted by atomic mass is 9.82. The molecule has 2 unspecified atom stereocenters. The Labute approximate surface area is 176 Å². The van der Waals surface area contributed by atoms with Crippen LogP contribution < -0.4 is 0 Å². The first-order chi connectivity index (χ1) is 10.3. The Bertz CT molecular complexity index is 599. The molecule has 0 aliphatic heterocycles. The summed E-state index contributed by atoms with van der Waals surface area (Å²) in [5.74, 6) is 0. The molecule has 1 aliphatic rings. The normalized spacial score (nSPS) is 39.9. The Balaban J connectivity index is 4.25. The van der Waals surface area contributed by atoms with E-state index in [2.05, 4.69) is 0 Å². The summed E-state index contributed by atoms with van der Waals surface area (Å²) in [4.78, 5) is 17.2. The van der Waals surface area contributed by atoms with Crippen molar-refractivity contribution in [3.8, 4) is 0 Å². The van der Waals surface area contributed by atoms with Gasteiger partial charge in [-0.2, -0.15) is 0 Å². The number of rotatable bonds is 3. The van der Waals surface area contributed by atoms with Crippen molar-refractivity contribution in [2.75, 3.05) is 0 Å². The van der Waals surface area contributed by atoms with E-state index in [4.69, 9.17) is 104 Å². The topological polar surface area (TPSA) is 129 Å². The summed E-state index contributed by atoms with van der Waals surface area (Å²) in [5.41, 5.74) is 0. The summed E-state index contributed by atoms with van der Waals surface area (Å²) in [6.45, 7) is 0. The number of hydrogen-bond acceptors (Lipinski definition) is 6. The second kappa shape index (κ2) is 5.90. The van der Waals surface area contributed by atoms with E-state index >= 15 is 0 Å². The molecule has 0 amide bonds. The van der Waals surface area contributed by atoms with Gasteiger partial charge >= 0.3 is 15.0 Å². The minimum atomic E-state index is -4.11. The third-order valence-corrected chi connectivity index (χ3v) is 10.0. The molecule has 1 fully saturated rings. The van der Waals surface area contributed by atoms with Crippen molar-refractivity contribution in [3.05, 3.63) is 30.3 Å². The monoisotopic (exact) mass is 525 g/mol.